The number of nitrogens with one attached hydrogen (secondary N) is 1. The van der Waals surface area contributed by atoms with Gasteiger partial charge in [0.05, 0.1) is 22.9 Å². The Morgan fingerprint density at radius 2 is 1.79 bits per heavy atom. The second-order valence-electron chi connectivity index (χ2n) is 7.93. The van der Waals surface area contributed by atoms with Crippen molar-refractivity contribution in [2.24, 2.45) is 0 Å². The van der Waals surface area contributed by atoms with Gasteiger partial charge in [-0.2, -0.15) is 18.2 Å². The molecular formula is C23H24ClF3N4O2. The van der Waals surface area contributed by atoms with Crippen LogP contribution in [0.3, 0.4) is 0 Å². The average molecular weight is 481 g/mol. The molecule has 0 aliphatic carbocycles. The lowest BCUT2D eigenvalue weighted by atomic mass is 10.1. The number of aromatic nitrogens is 2. The lowest BCUT2D eigenvalue weighted by Crippen LogP contribution is -2.47. The van der Waals surface area contributed by atoms with Crippen molar-refractivity contribution in [2.45, 2.75) is 19.0 Å². The summed E-state index contributed by atoms with van der Waals surface area (Å²) in [7, 11) is 0. The van der Waals surface area contributed by atoms with E-state index in [1.807, 2.05) is 6.07 Å². The first-order chi connectivity index (χ1) is 15.8. The van der Waals surface area contributed by atoms with E-state index in [4.69, 9.17) is 16.3 Å². The quantitative estimate of drug-likeness (QED) is 0.502. The van der Waals surface area contributed by atoms with Gasteiger partial charge < -0.3 is 14.6 Å². The molecule has 3 heterocycles. The molecular weight excluding hydrogens is 457 g/mol. The largest absolute Gasteiger partial charge is 0.478 e. The lowest BCUT2D eigenvalue weighted by Gasteiger charge is -2.37. The number of hydrogen-bond donors (Lipinski definition) is 1. The minimum Gasteiger partial charge on any atom is -0.478 e. The fraction of sp³-hybridized carbons (Fsp3) is 0.391. The number of nitrogens with zero attached hydrogens (tertiary/aromatic N) is 3. The smallest absolute Gasteiger partial charge is 0.419 e. The third-order valence-corrected chi connectivity index (χ3v) is 5.98. The van der Waals surface area contributed by atoms with E-state index >= 15 is 0 Å². The SMILES string of the molecule is O=c1ccc2ccc(OCCCCN3CCN(c4cccc(Cl)c4C(F)(F)F)CC3)nc2[nH]1. The highest BCUT2D eigenvalue weighted by Gasteiger charge is 2.37. The summed E-state index contributed by atoms with van der Waals surface area (Å²) < 4.78 is 46.0. The normalized spacial score (nSPS) is 15.2. The van der Waals surface area contributed by atoms with Gasteiger partial charge in [-0.25, -0.2) is 0 Å². The summed E-state index contributed by atoms with van der Waals surface area (Å²) in [6.07, 6.45) is -2.77. The number of aromatic amines is 1. The van der Waals surface area contributed by atoms with E-state index in [0.29, 0.717) is 44.3 Å². The van der Waals surface area contributed by atoms with Gasteiger partial charge in [0, 0.05) is 43.7 Å². The number of benzene rings is 1. The van der Waals surface area contributed by atoms with Gasteiger partial charge in [-0.05, 0) is 43.7 Å². The molecule has 1 N–H and O–H groups in total. The summed E-state index contributed by atoms with van der Waals surface area (Å²) in [6, 6.07) is 11.1. The van der Waals surface area contributed by atoms with Crippen LogP contribution in [0.4, 0.5) is 18.9 Å². The first-order valence-corrected chi connectivity index (χ1v) is 11.1. The van der Waals surface area contributed by atoms with E-state index in [1.165, 1.54) is 18.2 Å². The number of ether oxygens (including phenoxy) is 1. The molecule has 1 aliphatic heterocycles. The van der Waals surface area contributed by atoms with Gasteiger partial charge in [-0.1, -0.05) is 17.7 Å². The van der Waals surface area contributed by atoms with Crippen LogP contribution in [-0.2, 0) is 6.18 Å². The van der Waals surface area contributed by atoms with E-state index in [9.17, 15) is 18.0 Å². The molecule has 1 fully saturated rings. The number of fused-ring (bicyclic) bond motifs is 1. The molecule has 6 nitrogen and oxygen atoms in total. The zero-order chi connectivity index (χ0) is 23.4. The molecule has 1 saturated heterocycles. The zero-order valence-corrected chi connectivity index (χ0v) is 18.6. The third-order valence-electron chi connectivity index (χ3n) is 5.66. The number of alkyl halides is 3. The number of halogens is 4. The predicted molar refractivity (Wildman–Crippen MR) is 122 cm³/mol. The number of piperazine rings is 1. The zero-order valence-electron chi connectivity index (χ0n) is 17.9. The summed E-state index contributed by atoms with van der Waals surface area (Å²) in [4.78, 5) is 22.4. The second kappa shape index (κ2) is 10.0. The van der Waals surface area contributed by atoms with Crippen LogP contribution in [-0.4, -0.2) is 54.2 Å². The molecule has 0 bridgehead atoms. The van der Waals surface area contributed by atoms with E-state index in [1.54, 1.807) is 23.1 Å². The fourth-order valence-corrected chi connectivity index (χ4v) is 4.25. The second-order valence-corrected chi connectivity index (χ2v) is 8.33. The summed E-state index contributed by atoms with van der Waals surface area (Å²) >= 11 is 5.85. The van der Waals surface area contributed by atoms with E-state index in [0.717, 1.165) is 24.8 Å². The summed E-state index contributed by atoms with van der Waals surface area (Å²) in [6.45, 7) is 3.73. The Kier molecular flexibility index (Phi) is 7.09. The summed E-state index contributed by atoms with van der Waals surface area (Å²) in [5, 5.41) is 0.566. The maximum absolute atomic E-state index is 13.4. The maximum atomic E-state index is 13.4. The number of rotatable bonds is 7. The van der Waals surface area contributed by atoms with Crippen molar-refractivity contribution in [2.75, 3.05) is 44.2 Å². The Labute approximate surface area is 193 Å². The Hall–Kier alpha value is -2.78. The molecule has 4 rings (SSSR count). The van der Waals surface area contributed by atoms with Crippen molar-refractivity contribution < 1.29 is 17.9 Å². The van der Waals surface area contributed by atoms with Crippen molar-refractivity contribution >= 4 is 28.3 Å². The van der Waals surface area contributed by atoms with Crippen molar-refractivity contribution in [3.63, 3.8) is 0 Å². The number of anilines is 1. The van der Waals surface area contributed by atoms with Crippen LogP contribution in [0.5, 0.6) is 5.88 Å². The minimum absolute atomic E-state index is 0.146. The van der Waals surface area contributed by atoms with Crippen molar-refractivity contribution in [3.8, 4) is 5.88 Å². The number of unbranched alkanes of at least 4 members (excludes halogenated alkanes) is 1. The van der Waals surface area contributed by atoms with Crippen LogP contribution in [0.1, 0.15) is 18.4 Å². The van der Waals surface area contributed by atoms with Gasteiger partial charge in [-0.3, -0.25) is 9.69 Å². The number of pyridine rings is 2. The molecule has 0 saturated carbocycles. The highest BCUT2D eigenvalue weighted by Crippen LogP contribution is 2.41. The predicted octanol–water partition coefficient (Wildman–Crippen LogP) is 4.58. The highest BCUT2D eigenvalue weighted by molar-refractivity contribution is 6.31. The molecule has 0 spiro atoms. The van der Waals surface area contributed by atoms with Crippen molar-refractivity contribution in [3.05, 3.63) is 63.4 Å². The first-order valence-electron chi connectivity index (χ1n) is 10.8. The average Bonchev–Trinajstić information content (AvgIpc) is 2.78. The fourth-order valence-electron chi connectivity index (χ4n) is 3.97. The topological polar surface area (TPSA) is 61.5 Å². The Morgan fingerprint density at radius 3 is 2.55 bits per heavy atom. The maximum Gasteiger partial charge on any atom is 0.419 e. The Balaban J connectivity index is 1.22. The monoisotopic (exact) mass is 480 g/mol. The van der Waals surface area contributed by atoms with Crippen LogP contribution in [0, 0.1) is 0 Å². The van der Waals surface area contributed by atoms with Gasteiger partial charge in [0.2, 0.25) is 11.4 Å². The molecule has 1 aromatic carbocycles. The van der Waals surface area contributed by atoms with Crippen molar-refractivity contribution in [1.82, 2.24) is 14.9 Å². The number of hydrogen-bond acceptors (Lipinski definition) is 5. The number of H-pyrrole nitrogens is 1. The van der Waals surface area contributed by atoms with Gasteiger partial charge in [-0.15, -0.1) is 0 Å². The van der Waals surface area contributed by atoms with Crippen LogP contribution in [0.15, 0.2) is 47.3 Å². The van der Waals surface area contributed by atoms with Gasteiger partial charge in [0.1, 0.15) is 5.65 Å². The highest BCUT2D eigenvalue weighted by atomic mass is 35.5. The van der Waals surface area contributed by atoms with Gasteiger partial charge in [0.15, 0.2) is 0 Å². The molecule has 10 heteroatoms. The van der Waals surface area contributed by atoms with Crippen LogP contribution in [0.25, 0.3) is 11.0 Å². The Bertz CT molecular complexity index is 1160. The summed E-state index contributed by atoms with van der Waals surface area (Å²) in [5.41, 5.74) is -0.334. The van der Waals surface area contributed by atoms with Crippen LogP contribution in [0.2, 0.25) is 5.02 Å². The first kappa shape index (κ1) is 23.4. The van der Waals surface area contributed by atoms with Crippen molar-refractivity contribution in [1.29, 1.82) is 0 Å². The van der Waals surface area contributed by atoms with E-state index in [2.05, 4.69) is 14.9 Å². The molecule has 33 heavy (non-hydrogen) atoms. The minimum atomic E-state index is -4.49. The van der Waals surface area contributed by atoms with Gasteiger partial charge >= 0.3 is 6.18 Å². The lowest BCUT2D eigenvalue weighted by molar-refractivity contribution is -0.137. The molecule has 176 valence electrons. The van der Waals surface area contributed by atoms with Crippen LogP contribution >= 0.6 is 11.6 Å². The molecule has 0 radical (unpaired) electrons. The standard InChI is InChI=1S/C23H24ClF3N4O2/c24-17-4-3-5-18(21(17)23(25,26)27)31-13-11-30(12-14-31)10-1-2-15-33-20-9-7-16-6-8-19(32)28-22(16)29-20/h3-9H,1-2,10-15H2,(H,28,29,32). The summed E-state index contributed by atoms with van der Waals surface area (Å²) in [5.74, 6) is 0.458. The van der Waals surface area contributed by atoms with Gasteiger partial charge in [0.25, 0.3) is 0 Å². The van der Waals surface area contributed by atoms with E-state index < -0.39 is 11.7 Å². The van der Waals surface area contributed by atoms with E-state index in [-0.39, 0.29) is 16.3 Å². The molecule has 0 amide bonds. The molecule has 1 aliphatic rings. The molecule has 3 aromatic rings. The van der Waals surface area contributed by atoms with Crippen LogP contribution < -0.4 is 15.2 Å². The molecule has 0 atom stereocenters. The molecule has 2 aromatic heterocycles. The Morgan fingerprint density at radius 1 is 1.03 bits per heavy atom. The molecule has 0 unspecified atom stereocenters. The third kappa shape index (κ3) is 5.78.